The molecule has 1 aromatic carbocycles. The van der Waals surface area contributed by atoms with E-state index in [1.807, 2.05) is 19.1 Å². The van der Waals surface area contributed by atoms with Crippen molar-refractivity contribution in [3.8, 4) is 0 Å². The Hall–Kier alpha value is -1.00. The minimum atomic E-state index is -4.85. The third-order valence-corrected chi connectivity index (χ3v) is 8.43. The third kappa shape index (κ3) is 9.00. The van der Waals surface area contributed by atoms with Crippen molar-refractivity contribution in [2.45, 2.75) is 65.2 Å². The molecule has 0 unspecified atom stereocenters. The van der Waals surface area contributed by atoms with Gasteiger partial charge < -0.3 is 19.6 Å². The minimum Gasteiger partial charge on any atom is -0.324 e. The van der Waals surface area contributed by atoms with Crippen molar-refractivity contribution >= 4 is 21.3 Å². The van der Waals surface area contributed by atoms with Gasteiger partial charge in [0, 0.05) is 0 Å². The van der Waals surface area contributed by atoms with E-state index in [0.717, 1.165) is 29.5 Å². The highest BCUT2D eigenvalue weighted by atomic mass is 31.2. The molecule has 4 N–H and O–H groups in total. The van der Waals surface area contributed by atoms with Crippen LogP contribution in [-0.2, 0) is 15.6 Å². The molecular weight excluding hydrogens is 398 g/mol. The van der Waals surface area contributed by atoms with E-state index >= 15 is 0 Å². The molecule has 158 valence electrons. The Balaban J connectivity index is 2.74. The van der Waals surface area contributed by atoms with E-state index in [2.05, 4.69) is 39.0 Å². The number of rotatable bonds is 10. The van der Waals surface area contributed by atoms with Crippen LogP contribution >= 0.6 is 15.2 Å². The summed E-state index contributed by atoms with van der Waals surface area (Å²) >= 11 is 0. The summed E-state index contributed by atoms with van der Waals surface area (Å²) in [5.41, 5.74) is 5.76. The smallest absolute Gasteiger partial charge is 0.324 e. The van der Waals surface area contributed by atoms with E-state index in [1.54, 1.807) is 0 Å². The number of hydrogen-bond acceptors (Lipinski definition) is 2. The molecule has 0 bridgehead atoms. The first kappa shape index (κ1) is 25.0. The average molecular weight is 430 g/mol. The highest BCUT2D eigenvalue weighted by molar-refractivity contribution is 7.70. The molecule has 0 saturated carbocycles. The van der Waals surface area contributed by atoms with E-state index in [-0.39, 0.29) is 6.42 Å². The number of benzene rings is 1. The lowest BCUT2D eigenvalue weighted by atomic mass is 9.99. The van der Waals surface area contributed by atoms with Crippen LogP contribution in [0.15, 0.2) is 35.4 Å². The zero-order valence-electron chi connectivity index (χ0n) is 17.0. The Morgan fingerprint density at radius 2 is 1.68 bits per heavy atom. The fourth-order valence-corrected chi connectivity index (χ4v) is 5.65. The van der Waals surface area contributed by atoms with E-state index in [4.69, 9.17) is 0 Å². The molecule has 0 saturated heterocycles. The van der Waals surface area contributed by atoms with E-state index in [1.165, 1.54) is 11.1 Å². The maximum Gasteiger partial charge on any atom is 0.340 e. The van der Waals surface area contributed by atoms with Crippen LogP contribution in [0.25, 0.3) is 6.08 Å². The maximum absolute atomic E-state index is 11.3. The average Bonchev–Trinajstić information content (AvgIpc) is 2.50. The molecule has 28 heavy (non-hydrogen) atoms. The highest BCUT2D eigenvalue weighted by Gasteiger charge is 2.42. The van der Waals surface area contributed by atoms with Gasteiger partial charge in [-0.05, 0) is 76.5 Å². The van der Waals surface area contributed by atoms with Crippen LogP contribution in [0, 0.1) is 6.92 Å². The van der Waals surface area contributed by atoms with Gasteiger partial charge in [0.15, 0.2) is 5.40 Å². The lowest BCUT2D eigenvalue weighted by Crippen LogP contribution is -2.09. The maximum atomic E-state index is 11.3. The van der Waals surface area contributed by atoms with Gasteiger partial charge in [-0.3, -0.25) is 9.13 Å². The summed E-state index contributed by atoms with van der Waals surface area (Å²) in [5, 5.41) is -1.93. The first-order chi connectivity index (χ1) is 12.8. The van der Waals surface area contributed by atoms with Crippen LogP contribution in [0.3, 0.4) is 0 Å². The summed E-state index contributed by atoms with van der Waals surface area (Å²) in [6, 6.07) is 6.02. The molecule has 0 spiro atoms. The Labute approximate surface area is 167 Å². The monoisotopic (exact) mass is 430 g/mol. The Kier molecular flexibility index (Phi) is 9.55. The molecule has 0 atom stereocenters. The summed E-state index contributed by atoms with van der Waals surface area (Å²) in [6.07, 6.45) is 6.95. The van der Waals surface area contributed by atoms with Gasteiger partial charge in [-0.25, -0.2) is 0 Å². The molecule has 0 fully saturated rings. The van der Waals surface area contributed by atoms with Gasteiger partial charge in [0.1, 0.15) is 0 Å². The van der Waals surface area contributed by atoms with Gasteiger partial charge in [-0.1, -0.05) is 41.5 Å². The molecule has 0 heterocycles. The van der Waals surface area contributed by atoms with Crippen LogP contribution < -0.4 is 0 Å². The van der Waals surface area contributed by atoms with Crippen molar-refractivity contribution in [3.05, 3.63) is 52.1 Å². The van der Waals surface area contributed by atoms with Gasteiger partial charge >= 0.3 is 15.2 Å². The molecule has 0 amide bonds. The Morgan fingerprint density at radius 1 is 1.07 bits per heavy atom. The Bertz CT molecular complexity index is 790. The fourth-order valence-electron chi connectivity index (χ4n) is 3.04. The molecular formula is C20H32O6P2. The summed E-state index contributed by atoms with van der Waals surface area (Å²) in [4.78, 5) is 36.7. The van der Waals surface area contributed by atoms with Crippen LogP contribution in [0.2, 0.25) is 0 Å². The van der Waals surface area contributed by atoms with Gasteiger partial charge in [0.05, 0.1) is 0 Å². The number of hydrogen-bond donors (Lipinski definition) is 4. The second-order valence-corrected chi connectivity index (χ2v) is 11.6. The van der Waals surface area contributed by atoms with E-state index < -0.39 is 20.6 Å². The SMILES string of the molecule is CC(C)=CCCC(C)=Cc1ccc(CCCC(P(=O)(O)O)P(=O)(O)O)c(C)c1. The molecule has 0 aromatic heterocycles. The summed E-state index contributed by atoms with van der Waals surface area (Å²) in [5.74, 6) is 0. The summed E-state index contributed by atoms with van der Waals surface area (Å²) < 4.78 is 22.7. The molecule has 0 aliphatic heterocycles. The first-order valence-corrected chi connectivity index (χ1v) is 12.7. The van der Waals surface area contributed by atoms with Crippen LogP contribution in [0.5, 0.6) is 0 Å². The standard InChI is InChI=1S/C20H32O6P2/c1-15(2)7-5-8-16(3)13-18-11-12-19(17(4)14-18)9-6-10-20(27(21,22)23)28(24,25)26/h7,11-14,20H,5-6,8-10H2,1-4H3,(H2,21,22,23)(H2,24,25,26). The van der Waals surface area contributed by atoms with Crippen LogP contribution in [0.4, 0.5) is 0 Å². The van der Waals surface area contributed by atoms with E-state index in [0.29, 0.717) is 12.8 Å². The zero-order valence-corrected chi connectivity index (χ0v) is 18.8. The van der Waals surface area contributed by atoms with Crippen molar-refractivity contribution in [3.63, 3.8) is 0 Å². The van der Waals surface area contributed by atoms with Crippen molar-refractivity contribution in [2.75, 3.05) is 0 Å². The normalized spacial score (nSPS) is 13.1. The Morgan fingerprint density at radius 3 is 2.18 bits per heavy atom. The molecule has 1 aromatic rings. The van der Waals surface area contributed by atoms with Crippen LogP contribution in [0.1, 0.15) is 63.1 Å². The van der Waals surface area contributed by atoms with Crippen LogP contribution in [-0.4, -0.2) is 25.0 Å². The quantitative estimate of drug-likeness (QED) is 0.301. The first-order valence-electron chi connectivity index (χ1n) is 9.31. The zero-order chi connectivity index (χ0) is 21.5. The van der Waals surface area contributed by atoms with Crippen molar-refractivity contribution in [1.82, 2.24) is 0 Å². The van der Waals surface area contributed by atoms with Crippen molar-refractivity contribution in [1.29, 1.82) is 0 Å². The van der Waals surface area contributed by atoms with E-state index in [9.17, 15) is 28.7 Å². The molecule has 0 aliphatic carbocycles. The lowest BCUT2D eigenvalue weighted by molar-refractivity contribution is 0.334. The molecule has 8 heteroatoms. The molecule has 0 radical (unpaired) electrons. The molecule has 6 nitrogen and oxygen atoms in total. The predicted molar refractivity (Wildman–Crippen MR) is 114 cm³/mol. The van der Waals surface area contributed by atoms with Gasteiger partial charge in [-0.15, -0.1) is 0 Å². The lowest BCUT2D eigenvalue weighted by Gasteiger charge is -2.19. The number of allylic oxidation sites excluding steroid dienone is 3. The largest absolute Gasteiger partial charge is 0.340 e. The topological polar surface area (TPSA) is 115 Å². The molecule has 0 aliphatic rings. The van der Waals surface area contributed by atoms with Gasteiger partial charge in [0.2, 0.25) is 0 Å². The second kappa shape index (κ2) is 10.7. The van der Waals surface area contributed by atoms with Gasteiger partial charge in [-0.2, -0.15) is 0 Å². The predicted octanol–water partition coefficient (Wildman–Crippen LogP) is 5.15. The summed E-state index contributed by atoms with van der Waals surface area (Å²) in [7, 11) is -9.69. The third-order valence-electron chi connectivity index (χ3n) is 4.56. The highest BCUT2D eigenvalue weighted by Crippen LogP contribution is 2.61. The number of aryl methyl sites for hydroxylation is 2. The fraction of sp³-hybridized carbons (Fsp3) is 0.500. The minimum absolute atomic E-state index is 0.223. The summed E-state index contributed by atoms with van der Waals surface area (Å²) in [6.45, 7) is 8.24. The van der Waals surface area contributed by atoms with Crippen molar-refractivity contribution < 1.29 is 28.7 Å². The van der Waals surface area contributed by atoms with Gasteiger partial charge in [0.25, 0.3) is 0 Å². The molecule has 1 rings (SSSR count). The van der Waals surface area contributed by atoms with Crippen molar-refractivity contribution in [2.24, 2.45) is 0 Å². The second-order valence-electron chi connectivity index (χ2n) is 7.55.